The second-order valence-corrected chi connectivity index (χ2v) is 6.38. The molecule has 0 aromatic heterocycles. The van der Waals surface area contributed by atoms with Crippen molar-refractivity contribution in [2.45, 2.75) is 39.3 Å². The van der Waals surface area contributed by atoms with Crippen molar-refractivity contribution >= 4 is 21.6 Å². The predicted molar refractivity (Wildman–Crippen MR) is 88.5 cm³/mol. The number of hydrogen-bond donors (Lipinski definition) is 1. The summed E-state index contributed by atoms with van der Waals surface area (Å²) in [5.74, 6) is 0. The quantitative estimate of drug-likeness (QED) is 0.903. The highest BCUT2D eigenvalue weighted by molar-refractivity contribution is 9.10. The minimum Gasteiger partial charge on any atom is -0.377 e. The largest absolute Gasteiger partial charge is 0.377 e. The number of hydrogen-bond acceptors (Lipinski definition) is 3. The maximum Gasteiger partial charge on any atom is 0.0721 e. The topological polar surface area (TPSA) is 24.5 Å². The van der Waals surface area contributed by atoms with Crippen LogP contribution in [-0.2, 0) is 4.74 Å². The fourth-order valence-electron chi connectivity index (χ4n) is 2.79. The first-order valence-electron chi connectivity index (χ1n) is 7.51. The number of anilines is 1. The van der Waals surface area contributed by atoms with E-state index in [2.05, 4.69) is 65.1 Å². The highest BCUT2D eigenvalue weighted by atomic mass is 79.9. The van der Waals surface area contributed by atoms with Crippen molar-refractivity contribution in [1.29, 1.82) is 0 Å². The fraction of sp³-hybridized carbons (Fsp3) is 0.625. The summed E-state index contributed by atoms with van der Waals surface area (Å²) < 4.78 is 6.90. The highest BCUT2D eigenvalue weighted by Crippen LogP contribution is 2.31. The van der Waals surface area contributed by atoms with Crippen LogP contribution in [0, 0.1) is 0 Å². The molecule has 1 aromatic carbocycles. The van der Waals surface area contributed by atoms with E-state index in [-0.39, 0.29) is 0 Å². The predicted octanol–water partition coefficient (Wildman–Crippen LogP) is 3.73. The van der Waals surface area contributed by atoms with Crippen LogP contribution in [0.15, 0.2) is 22.7 Å². The van der Waals surface area contributed by atoms with E-state index >= 15 is 0 Å². The summed E-state index contributed by atoms with van der Waals surface area (Å²) in [6.45, 7) is 10.4. The SMILES string of the molecule is CCNC(C)c1ccc(Br)cc1N1CCCOC(C)C1. The van der Waals surface area contributed by atoms with Crippen molar-refractivity contribution < 1.29 is 4.74 Å². The number of nitrogens with zero attached hydrogens (tertiary/aromatic N) is 1. The van der Waals surface area contributed by atoms with Crippen LogP contribution in [0.2, 0.25) is 0 Å². The molecule has 2 unspecified atom stereocenters. The van der Waals surface area contributed by atoms with Crippen LogP contribution in [0.25, 0.3) is 0 Å². The van der Waals surface area contributed by atoms with Gasteiger partial charge in [-0.05, 0) is 44.5 Å². The minimum absolute atomic E-state index is 0.291. The zero-order valence-corrected chi connectivity index (χ0v) is 14.2. The molecule has 112 valence electrons. The van der Waals surface area contributed by atoms with Crippen LogP contribution >= 0.6 is 15.9 Å². The Hall–Kier alpha value is -0.580. The zero-order chi connectivity index (χ0) is 14.5. The molecule has 0 spiro atoms. The van der Waals surface area contributed by atoms with Gasteiger partial charge in [0.05, 0.1) is 6.10 Å². The molecule has 1 fully saturated rings. The standard InChI is InChI=1S/C16H25BrN2O/c1-4-18-13(3)15-7-6-14(17)10-16(15)19-8-5-9-20-12(2)11-19/h6-7,10,12-13,18H,4-5,8-9,11H2,1-3H3. The van der Waals surface area contributed by atoms with E-state index in [0.717, 1.165) is 37.1 Å². The van der Waals surface area contributed by atoms with Gasteiger partial charge >= 0.3 is 0 Å². The molecule has 1 heterocycles. The summed E-state index contributed by atoms with van der Waals surface area (Å²) in [5, 5.41) is 3.51. The summed E-state index contributed by atoms with van der Waals surface area (Å²) in [6.07, 6.45) is 1.38. The molecule has 0 aliphatic carbocycles. The molecule has 1 aromatic rings. The lowest BCUT2D eigenvalue weighted by atomic mass is 10.0. The highest BCUT2D eigenvalue weighted by Gasteiger charge is 2.20. The van der Waals surface area contributed by atoms with Crippen LogP contribution < -0.4 is 10.2 Å². The van der Waals surface area contributed by atoms with Gasteiger partial charge in [-0.3, -0.25) is 0 Å². The summed E-state index contributed by atoms with van der Waals surface area (Å²) in [7, 11) is 0. The third kappa shape index (κ3) is 3.96. The first kappa shape index (κ1) is 15.8. The summed E-state index contributed by atoms with van der Waals surface area (Å²) in [4.78, 5) is 2.46. The maximum absolute atomic E-state index is 5.76. The molecular formula is C16H25BrN2O. The Morgan fingerprint density at radius 3 is 3.05 bits per heavy atom. The lowest BCUT2D eigenvalue weighted by Gasteiger charge is -2.29. The number of halogens is 1. The lowest BCUT2D eigenvalue weighted by molar-refractivity contribution is 0.0820. The van der Waals surface area contributed by atoms with Crippen LogP contribution in [-0.4, -0.2) is 32.3 Å². The van der Waals surface area contributed by atoms with Gasteiger partial charge in [0.1, 0.15) is 0 Å². The van der Waals surface area contributed by atoms with E-state index in [1.807, 2.05) is 0 Å². The molecule has 2 rings (SSSR count). The van der Waals surface area contributed by atoms with Crippen LogP contribution in [0.4, 0.5) is 5.69 Å². The van der Waals surface area contributed by atoms with Crippen molar-refractivity contribution in [3.05, 3.63) is 28.2 Å². The molecule has 1 aliphatic heterocycles. The van der Waals surface area contributed by atoms with Gasteiger partial charge in [0, 0.05) is 35.9 Å². The number of ether oxygens (including phenoxy) is 1. The Labute approximate surface area is 130 Å². The molecule has 1 saturated heterocycles. The Morgan fingerprint density at radius 1 is 1.50 bits per heavy atom. The van der Waals surface area contributed by atoms with Gasteiger partial charge in [-0.2, -0.15) is 0 Å². The molecule has 1 aliphatic rings. The van der Waals surface area contributed by atoms with Crippen LogP contribution in [0.3, 0.4) is 0 Å². The van der Waals surface area contributed by atoms with Gasteiger partial charge in [0.15, 0.2) is 0 Å². The minimum atomic E-state index is 0.291. The molecule has 20 heavy (non-hydrogen) atoms. The normalized spacial score (nSPS) is 21.6. The van der Waals surface area contributed by atoms with Gasteiger partial charge in [-0.15, -0.1) is 0 Å². The van der Waals surface area contributed by atoms with E-state index in [1.54, 1.807) is 0 Å². The molecule has 0 bridgehead atoms. The van der Waals surface area contributed by atoms with Crippen molar-refractivity contribution in [3.63, 3.8) is 0 Å². The van der Waals surface area contributed by atoms with Gasteiger partial charge in [0.25, 0.3) is 0 Å². The number of benzene rings is 1. The van der Waals surface area contributed by atoms with E-state index in [0.29, 0.717) is 12.1 Å². The van der Waals surface area contributed by atoms with Crippen LogP contribution in [0.1, 0.15) is 38.8 Å². The molecule has 0 saturated carbocycles. The maximum atomic E-state index is 5.76. The molecule has 2 atom stereocenters. The van der Waals surface area contributed by atoms with Gasteiger partial charge in [0.2, 0.25) is 0 Å². The second-order valence-electron chi connectivity index (χ2n) is 5.46. The Kier molecular flexibility index (Phi) is 5.87. The monoisotopic (exact) mass is 340 g/mol. The second kappa shape index (κ2) is 7.43. The molecule has 0 amide bonds. The molecule has 1 N–H and O–H groups in total. The zero-order valence-electron chi connectivity index (χ0n) is 12.7. The molecule has 4 heteroatoms. The summed E-state index contributed by atoms with van der Waals surface area (Å²) >= 11 is 3.61. The van der Waals surface area contributed by atoms with Gasteiger partial charge in [-0.1, -0.05) is 28.9 Å². The first-order chi connectivity index (χ1) is 9.61. The summed E-state index contributed by atoms with van der Waals surface area (Å²) in [5.41, 5.74) is 2.69. The van der Waals surface area contributed by atoms with Gasteiger partial charge in [-0.25, -0.2) is 0 Å². The smallest absolute Gasteiger partial charge is 0.0721 e. The van der Waals surface area contributed by atoms with Crippen molar-refractivity contribution in [2.24, 2.45) is 0 Å². The Morgan fingerprint density at radius 2 is 2.30 bits per heavy atom. The summed E-state index contributed by atoms with van der Waals surface area (Å²) in [6, 6.07) is 6.96. The fourth-order valence-corrected chi connectivity index (χ4v) is 3.14. The van der Waals surface area contributed by atoms with Gasteiger partial charge < -0.3 is 15.0 Å². The van der Waals surface area contributed by atoms with E-state index in [1.165, 1.54) is 11.3 Å². The Bertz CT molecular complexity index is 438. The average molecular weight is 341 g/mol. The lowest BCUT2D eigenvalue weighted by Crippen LogP contribution is -2.32. The molecular weight excluding hydrogens is 316 g/mol. The van der Waals surface area contributed by atoms with E-state index in [4.69, 9.17) is 4.74 Å². The van der Waals surface area contributed by atoms with Crippen molar-refractivity contribution in [3.8, 4) is 0 Å². The van der Waals surface area contributed by atoms with E-state index < -0.39 is 0 Å². The molecule has 3 nitrogen and oxygen atoms in total. The van der Waals surface area contributed by atoms with Crippen molar-refractivity contribution in [2.75, 3.05) is 31.1 Å². The number of nitrogens with one attached hydrogen (secondary N) is 1. The average Bonchev–Trinajstić information content (AvgIpc) is 2.63. The number of rotatable bonds is 4. The molecule has 0 radical (unpaired) electrons. The van der Waals surface area contributed by atoms with E-state index in [9.17, 15) is 0 Å². The van der Waals surface area contributed by atoms with Crippen molar-refractivity contribution in [1.82, 2.24) is 5.32 Å². The Balaban J connectivity index is 2.30. The third-order valence-electron chi connectivity index (χ3n) is 3.76. The van der Waals surface area contributed by atoms with Crippen LogP contribution in [0.5, 0.6) is 0 Å². The first-order valence-corrected chi connectivity index (χ1v) is 8.30. The third-order valence-corrected chi connectivity index (χ3v) is 4.26.